The van der Waals surface area contributed by atoms with E-state index in [1.165, 1.54) is 19.4 Å². The lowest BCUT2D eigenvalue weighted by Gasteiger charge is -2.14. The molecule has 0 unspecified atom stereocenters. The van der Waals surface area contributed by atoms with Gasteiger partial charge in [-0.25, -0.2) is 9.18 Å². The molecule has 0 atom stereocenters. The number of ether oxygens (including phenoxy) is 1. The summed E-state index contributed by atoms with van der Waals surface area (Å²) in [5.74, 6) is -1.88. The summed E-state index contributed by atoms with van der Waals surface area (Å²) < 4.78 is 39.5. The van der Waals surface area contributed by atoms with Gasteiger partial charge in [-0.15, -0.1) is 0 Å². The van der Waals surface area contributed by atoms with Gasteiger partial charge in [0.05, 0.1) is 18.0 Å². The molecule has 1 aromatic carbocycles. The van der Waals surface area contributed by atoms with Gasteiger partial charge in [0.2, 0.25) is 5.43 Å². The minimum atomic E-state index is -1.28. The quantitative estimate of drug-likeness (QED) is 0.881. The summed E-state index contributed by atoms with van der Waals surface area (Å²) in [4.78, 5) is 23.3. The molecule has 1 heterocycles. The Hall–Kier alpha value is -2.45. The number of carbonyl (C=O) groups is 1. The number of aromatic carboxylic acids is 1. The molecule has 23 heavy (non-hydrogen) atoms. The molecule has 1 saturated carbocycles. The third-order valence-electron chi connectivity index (χ3n) is 3.47. The van der Waals surface area contributed by atoms with Gasteiger partial charge in [-0.05, 0) is 25.0 Å². The Morgan fingerprint density at radius 1 is 1.39 bits per heavy atom. The fourth-order valence-electron chi connectivity index (χ4n) is 2.38. The third kappa shape index (κ3) is 3.18. The lowest BCUT2D eigenvalue weighted by atomic mass is 10.1. The molecule has 3 rings (SSSR count). The maximum absolute atomic E-state index is 13.8. The van der Waals surface area contributed by atoms with Gasteiger partial charge in [-0.1, -0.05) is 0 Å². The number of benzene rings is 1. The van der Waals surface area contributed by atoms with Crippen molar-refractivity contribution in [1.29, 1.82) is 0 Å². The lowest BCUT2D eigenvalue weighted by molar-refractivity contribution is 0.0695. The minimum absolute atomic E-state index is 0.0246. The van der Waals surface area contributed by atoms with Crippen LogP contribution in [0.4, 0.5) is 13.0 Å². The van der Waals surface area contributed by atoms with Gasteiger partial charge in [0.1, 0.15) is 5.56 Å². The van der Waals surface area contributed by atoms with Gasteiger partial charge >= 0.3 is 13.8 Å². The minimum Gasteiger partial charge on any atom is -0.492 e. The van der Waals surface area contributed by atoms with E-state index in [0.717, 1.165) is 18.9 Å². The second-order valence-corrected chi connectivity index (χ2v) is 4.87. The molecule has 0 aliphatic heterocycles. The lowest BCUT2D eigenvalue weighted by Crippen LogP contribution is -2.19. The summed E-state index contributed by atoms with van der Waals surface area (Å²) in [6.07, 6.45) is 3.03. The van der Waals surface area contributed by atoms with Crippen molar-refractivity contribution in [3.63, 3.8) is 0 Å². The maximum atomic E-state index is 13.8. The van der Waals surface area contributed by atoms with Gasteiger partial charge in [-0.3, -0.25) is 13.4 Å². The molecular weight excluding hydrogens is 314 g/mol. The summed E-state index contributed by atoms with van der Waals surface area (Å²) >= 11 is 0. The zero-order chi connectivity index (χ0) is 17.1. The molecule has 5 nitrogen and oxygen atoms in total. The van der Waals surface area contributed by atoms with E-state index < -0.39 is 25.0 Å². The van der Waals surface area contributed by atoms with Gasteiger partial charge in [0.25, 0.3) is 0 Å². The van der Waals surface area contributed by atoms with E-state index in [0.29, 0.717) is 5.52 Å². The molecule has 2 aromatic rings. The number of fused-ring (bicyclic) bond motifs is 1. The van der Waals surface area contributed by atoms with Crippen molar-refractivity contribution >= 4 is 24.7 Å². The van der Waals surface area contributed by atoms with Crippen molar-refractivity contribution < 1.29 is 27.7 Å². The van der Waals surface area contributed by atoms with Crippen LogP contribution >= 0.6 is 0 Å². The average Bonchev–Trinajstić information content (AvgIpc) is 3.32. The van der Waals surface area contributed by atoms with Crippen molar-refractivity contribution in [2.45, 2.75) is 18.9 Å². The van der Waals surface area contributed by atoms with Crippen LogP contribution in [-0.2, 0) is 0 Å². The summed E-state index contributed by atoms with van der Waals surface area (Å²) in [7, 11) is 0.324. The van der Waals surface area contributed by atoms with Crippen LogP contribution in [0.1, 0.15) is 29.2 Å². The van der Waals surface area contributed by atoms with E-state index in [1.807, 2.05) is 0 Å². The molecule has 1 aliphatic carbocycles. The Morgan fingerprint density at radius 2 is 2.00 bits per heavy atom. The van der Waals surface area contributed by atoms with Crippen molar-refractivity contribution in [3.8, 4) is 5.75 Å². The first-order valence-electron chi connectivity index (χ1n) is 6.63. The van der Waals surface area contributed by atoms with Gasteiger partial charge in [0.15, 0.2) is 11.6 Å². The average molecular weight is 326 g/mol. The Morgan fingerprint density at radius 3 is 2.48 bits per heavy atom. The second kappa shape index (κ2) is 6.76. The number of methoxy groups -OCH3 is 1. The van der Waals surface area contributed by atoms with E-state index in [1.54, 1.807) is 4.57 Å². The number of pyridine rings is 1. The molecule has 121 valence electrons. The van der Waals surface area contributed by atoms with Crippen molar-refractivity contribution in [3.05, 3.63) is 39.9 Å². The topological polar surface area (TPSA) is 68.5 Å². The third-order valence-corrected chi connectivity index (χ3v) is 3.47. The van der Waals surface area contributed by atoms with Crippen molar-refractivity contribution in [1.82, 2.24) is 4.57 Å². The van der Waals surface area contributed by atoms with Gasteiger partial charge in [0, 0.05) is 12.2 Å². The molecule has 1 fully saturated rings. The first kappa shape index (κ1) is 16.9. The monoisotopic (exact) mass is 326 g/mol. The van der Waals surface area contributed by atoms with Crippen LogP contribution in [-0.4, -0.2) is 30.6 Å². The molecule has 0 saturated heterocycles. The Labute approximate surface area is 129 Å². The van der Waals surface area contributed by atoms with E-state index in [-0.39, 0.29) is 22.7 Å². The van der Waals surface area contributed by atoms with E-state index in [4.69, 9.17) is 9.84 Å². The van der Waals surface area contributed by atoms with Crippen LogP contribution in [0.25, 0.3) is 10.9 Å². The molecule has 1 N–H and O–H groups in total. The highest BCUT2D eigenvalue weighted by atomic mass is 19.2. The van der Waals surface area contributed by atoms with E-state index in [9.17, 15) is 22.6 Å². The smallest absolute Gasteiger partial charge is 0.492 e. The fraction of sp³-hybridized carbons (Fsp3) is 0.286. The molecular formula is C14H12BF3NO4. The normalized spacial score (nSPS) is 13.2. The van der Waals surface area contributed by atoms with Crippen molar-refractivity contribution in [2.24, 2.45) is 0 Å². The number of rotatable bonds is 3. The number of carboxylic acid groups (broad SMARTS) is 1. The number of hydrogen-bond acceptors (Lipinski definition) is 3. The maximum Gasteiger partial charge on any atom is 0.577 e. The first-order chi connectivity index (χ1) is 11.0. The summed E-state index contributed by atoms with van der Waals surface area (Å²) in [5, 5.41) is 9.28. The SMILES string of the molecule is COc1c(F)ccc2c(=O)c(C(=O)O)cn(C3CC3)c12.F[B]F. The van der Waals surface area contributed by atoms with Crippen LogP contribution in [0.3, 0.4) is 0 Å². The molecule has 0 spiro atoms. The van der Waals surface area contributed by atoms with Gasteiger partial charge < -0.3 is 14.4 Å². The summed E-state index contributed by atoms with van der Waals surface area (Å²) in [6, 6.07) is 2.51. The zero-order valence-electron chi connectivity index (χ0n) is 12.1. The number of aromatic nitrogens is 1. The highest BCUT2D eigenvalue weighted by Crippen LogP contribution is 2.39. The van der Waals surface area contributed by atoms with Gasteiger partial charge in [-0.2, -0.15) is 0 Å². The molecule has 1 aromatic heterocycles. The Bertz CT molecular complexity index is 805. The molecule has 0 amide bonds. The van der Waals surface area contributed by atoms with E-state index in [2.05, 4.69) is 0 Å². The molecule has 1 aliphatic rings. The number of halogens is 3. The summed E-state index contributed by atoms with van der Waals surface area (Å²) in [6.45, 7) is 0. The van der Waals surface area contributed by atoms with Crippen molar-refractivity contribution in [2.75, 3.05) is 7.11 Å². The molecule has 9 heteroatoms. The summed E-state index contributed by atoms with van der Waals surface area (Å²) in [5.41, 5.74) is -0.606. The molecule has 0 bridgehead atoms. The number of hydrogen-bond donors (Lipinski definition) is 1. The highest BCUT2D eigenvalue weighted by molar-refractivity contribution is 6.15. The predicted octanol–water partition coefficient (Wildman–Crippen LogP) is 2.64. The fourth-order valence-corrected chi connectivity index (χ4v) is 2.38. The van der Waals surface area contributed by atoms with Crippen LogP contribution in [0.5, 0.6) is 5.75 Å². The van der Waals surface area contributed by atoms with Crippen LogP contribution in [0.15, 0.2) is 23.1 Å². The first-order valence-corrected chi connectivity index (χ1v) is 6.63. The van der Waals surface area contributed by atoms with Crippen LogP contribution < -0.4 is 10.2 Å². The predicted molar refractivity (Wildman–Crippen MR) is 77.9 cm³/mol. The zero-order valence-corrected chi connectivity index (χ0v) is 12.1. The largest absolute Gasteiger partial charge is 0.577 e. The Kier molecular flexibility index (Phi) is 4.97. The molecule has 1 radical (unpaired) electrons. The number of nitrogens with zero attached hydrogens (tertiary/aromatic N) is 1. The van der Waals surface area contributed by atoms with Crippen LogP contribution in [0, 0.1) is 5.82 Å². The standard InChI is InChI=1S/C14H12FNO4.BF2/c1-20-13-10(15)5-4-8-11(13)16(7-2-3-7)6-9(12(8)17)14(18)19;2-1-3/h4-7H,2-3H2,1H3,(H,18,19);. The van der Waals surface area contributed by atoms with E-state index >= 15 is 0 Å². The highest BCUT2D eigenvalue weighted by Gasteiger charge is 2.28. The second-order valence-electron chi connectivity index (χ2n) is 4.87. The Balaban J connectivity index is 0.000000595. The number of carboxylic acids is 1. The van der Waals surface area contributed by atoms with Crippen LogP contribution in [0.2, 0.25) is 0 Å².